The summed E-state index contributed by atoms with van der Waals surface area (Å²) in [5, 5.41) is 10.6. The van der Waals surface area contributed by atoms with Gasteiger partial charge in [-0.3, -0.25) is 19.5 Å². The van der Waals surface area contributed by atoms with Gasteiger partial charge in [0.05, 0.1) is 31.5 Å². The molecule has 0 aliphatic carbocycles. The zero-order valence-corrected chi connectivity index (χ0v) is 23.6. The third-order valence-electron chi connectivity index (χ3n) is 8.09. The Hall–Kier alpha value is -4.11. The Labute approximate surface area is 240 Å². The van der Waals surface area contributed by atoms with Gasteiger partial charge in [0.25, 0.3) is 0 Å². The van der Waals surface area contributed by atoms with E-state index in [9.17, 15) is 14.7 Å². The first-order chi connectivity index (χ1) is 20.0. The number of unbranched alkanes of at least 4 members (excludes halogenated alkanes) is 1. The number of likely N-dealkylation sites (tertiary alicyclic amines) is 1. The number of hydrogen-bond donors (Lipinski definition) is 1. The second-order valence-electron chi connectivity index (χ2n) is 10.5. The predicted octanol–water partition coefficient (Wildman–Crippen LogP) is 4.75. The SMILES string of the molecule is CCCCN(C(=O)CN1C[C@H](c2ccc3c(c2)OCO3)C(C(=O)O)[C@@H]1CCc1ccccc1OC)c1cccnc1. The van der Waals surface area contributed by atoms with E-state index < -0.39 is 11.9 Å². The van der Waals surface area contributed by atoms with Crippen molar-refractivity contribution in [2.75, 3.05) is 38.4 Å². The summed E-state index contributed by atoms with van der Waals surface area (Å²) < 4.78 is 16.6. The highest BCUT2D eigenvalue weighted by atomic mass is 16.7. The summed E-state index contributed by atoms with van der Waals surface area (Å²) in [7, 11) is 1.64. The maximum absolute atomic E-state index is 13.9. The molecule has 3 heterocycles. The monoisotopic (exact) mass is 559 g/mol. The summed E-state index contributed by atoms with van der Waals surface area (Å²) in [5.41, 5.74) is 2.63. The summed E-state index contributed by atoms with van der Waals surface area (Å²) >= 11 is 0. The molecular formula is C32H37N3O6. The van der Waals surface area contributed by atoms with E-state index in [1.165, 1.54) is 0 Å². The van der Waals surface area contributed by atoms with Crippen LogP contribution in [0.5, 0.6) is 17.2 Å². The highest BCUT2D eigenvalue weighted by Gasteiger charge is 2.47. The number of aromatic nitrogens is 1. The standard InChI is InChI=1S/C32H37N3O6/c1-3-4-16-35(24-9-7-15-33-18-24)30(36)20-34-19-25(23-12-14-28-29(17-23)41-21-40-28)31(32(37)38)26(34)13-11-22-8-5-6-10-27(22)39-2/h5-10,12,14-15,17-18,25-26,31H,3-4,11,13,16,19-21H2,1-2H3,(H,37,38)/t25-,26+,31?/m1/s1. The Morgan fingerprint density at radius 1 is 1.12 bits per heavy atom. The number of benzene rings is 2. The van der Waals surface area contributed by atoms with E-state index in [2.05, 4.69) is 16.8 Å². The van der Waals surface area contributed by atoms with Gasteiger partial charge in [-0.05, 0) is 60.7 Å². The topological polar surface area (TPSA) is 101 Å². The number of carbonyl (C=O) groups is 2. The molecule has 0 radical (unpaired) electrons. The molecule has 1 N–H and O–H groups in total. The van der Waals surface area contributed by atoms with Gasteiger partial charge < -0.3 is 24.2 Å². The smallest absolute Gasteiger partial charge is 0.308 e. The van der Waals surface area contributed by atoms with Crippen molar-refractivity contribution in [3.05, 3.63) is 78.1 Å². The number of aryl methyl sites for hydroxylation is 1. The van der Waals surface area contributed by atoms with Gasteiger partial charge in [0.15, 0.2) is 11.5 Å². The van der Waals surface area contributed by atoms with E-state index in [0.29, 0.717) is 37.4 Å². The van der Waals surface area contributed by atoms with Gasteiger partial charge in [0.1, 0.15) is 5.75 Å². The molecule has 3 atom stereocenters. The second kappa shape index (κ2) is 13.0. The molecular weight excluding hydrogens is 522 g/mol. The Bertz CT molecular complexity index is 1350. The first-order valence-electron chi connectivity index (χ1n) is 14.2. The Balaban J connectivity index is 1.45. The van der Waals surface area contributed by atoms with Crippen LogP contribution in [-0.4, -0.2) is 66.4 Å². The number of rotatable bonds is 12. The Kier molecular flexibility index (Phi) is 9.04. The first-order valence-corrected chi connectivity index (χ1v) is 14.2. The number of pyridine rings is 1. The molecule has 216 valence electrons. The molecule has 3 aromatic rings. The quantitative estimate of drug-likeness (QED) is 0.339. The molecule has 2 aromatic carbocycles. The molecule has 1 aromatic heterocycles. The summed E-state index contributed by atoms with van der Waals surface area (Å²) in [6, 6.07) is 16.8. The lowest BCUT2D eigenvalue weighted by Gasteiger charge is -2.30. The van der Waals surface area contributed by atoms with Gasteiger partial charge in [-0.1, -0.05) is 37.6 Å². The highest BCUT2D eigenvalue weighted by molar-refractivity contribution is 5.94. The lowest BCUT2D eigenvalue weighted by Crippen LogP contribution is -2.44. The van der Waals surface area contributed by atoms with E-state index >= 15 is 0 Å². The van der Waals surface area contributed by atoms with Crippen molar-refractivity contribution in [1.82, 2.24) is 9.88 Å². The molecule has 0 saturated carbocycles. The zero-order chi connectivity index (χ0) is 28.8. The number of fused-ring (bicyclic) bond motifs is 1. The summed E-state index contributed by atoms with van der Waals surface area (Å²) in [4.78, 5) is 34.8. The van der Waals surface area contributed by atoms with Crippen molar-refractivity contribution in [1.29, 1.82) is 0 Å². The van der Waals surface area contributed by atoms with Gasteiger partial charge in [0.2, 0.25) is 12.7 Å². The third-order valence-corrected chi connectivity index (χ3v) is 8.09. The molecule has 2 aliphatic rings. The van der Waals surface area contributed by atoms with Crippen LogP contribution >= 0.6 is 0 Å². The van der Waals surface area contributed by atoms with Gasteiger partial charge in [-0.2, -0.15) is 0 Å². The van der Waals surface area contributed by atoms with E-state index in [-0.39, 0.29) is 31.2 Å². The first kappa shape index (κ1) is 28.4. The molecule has 1 fully saturated rings. The van der Waals surface area contributed by atoms with E-state index in [4.69, 9.17) is 14.2 Å². The maximum atomic E-state index is 13.9. The number of anilines is 1. The van der Waals surface area contributed by atoms with Crippen LogP contribution in [0.1, 0.15) is 43.2 Å². The number of para-hydroxylation sites is 1. The van der Waals surface area contributed by atoms with Gasteiger partial charge in [-0.25, -0.2) is 0 Å². The largest absolute Gasteiger partial charge is 0.496 e. The fourth-order valence-corrected chi connectivity index (χ4v) is 6.03. The fraction of sp³-hybridized carbons (Fsp3) is 0.406. The fourth-order valence-electron chi connectivity index (χ4n) is 6.03. The Morgan fingerprint density at radius 3 is 2.71 bits per heavy atom. The van der Waals surface area contributed by atoms with Crippen LogP contribution in [0.25, 0.3) is 0 Å². The van der Waals surface area contributed by atoms with Crippen LogP contribution < -0.4 is 19.1 Å². The van der Waals surface area contributed by atoms with Crippen LogP contribution in [0.2, 0.25) is 0 Å². The number of carbonyl (C=O) groups excluding carboxylic acids is 1. The molecule has 1 amide bonds. The minimum atomic E-state index is -0.872. The van der Waals surface area contributed by atoms with Crippen molar-refractivity contribution >= 4 is 17.6 Å². The number of aliphatic carboxylic acids is 1. The minimum Gasteiger partial charge on any atom is -0.496 e. The van der Waals surface area contributed by atoms with Crippen molar-refractivity contribution in [3.8, 4) is 17.2 Å². The van der Waals surface area contributed by atoms with Crippen LogP contribution in [-0.2, 0) is 16.0 Å². The lowest BCUT2D eigenvalue weighted by molar-refractivity contribution is -0.143. The number of ether oxygens (including phenoxy) is 3. The lowest BCUT2D eigenvalue weighted by atomic mass is 9.83. The molecule has 0 bridgehead atoms. The summed E-state index contributed by atoms with van der Waals surface area (Å²) in [5.74, 6) is 0.0809. The molecule has 2 aliphatic heterocycles. The average Bonchev–Trinajstić information content (AvgIpc) is 3.61. The number of carboxylic acids is 1. The van der Waals surface area contributed by atoms with Crippen LogP contribution in [0.4, 0.5) is 5.69 Å². The van der Waals surface area contributed by atoms with Crippen molar-refractivity contribution in [2.24, 2.45) is 5.92 Å². The van der Waals surface area contributed by atoms with E-state index in [0.717, 1.165) is 35.4 Å². The molecule has 0 spiro atoms. The summed E-state index contributed by atoms with van der Waals surface area (Å²) in [6.07, 6.45) is 6.38. The molecule has 9 nitrogen and oxygen atoms in total. The van der Waals surface area contributed by atoms with Gasteiger partial charge in [0, 0.05) is 31.2 Å². The summed E-state index contributed by atoms with van der Waals surface area (Å²) in [6.45, 7) is 3.37. The third kappa shape index (κ3) is 6.30. The minimum absolute atomic E-state index is 0.0655. The average molecular weight is 560 g/mol. The number of amides is 1. The van der Waals surface area contributed by atoms with E-state index in [1.807, 2.05) is 54.6 Å². The number of nitrogens with zero attached hydrogens (tertiary/aromatic N) is 3. The number of methoxy groups -OCH3 is 1. The molecule has 1 saturated heterocycles. The van der Waals surface area contributed by atoms with Crippen LogP contribution in [0.15, 0.2) is 67.0 Å². The van der Waals surface area contributed by atoms with Crippen molar-refractivity contribution in [3.63, 3.8) is 0 Å². The van der Waals surface area contributed by atoms with E-state index in [1.54, 1.807) is 24.4 Å². The number of carboxylic acid groups (broad SMARTS) is 1. The van der Waals surface area contributed by atoms with Crippen LogP contribution in [0.3, 0.4) is 0 Å². The molecule has 41 heavy (non-hydrogen) atoms. The normalized spacial score (nSPS) is 19.7. The Morgan fingerprint density at radius 2 is 1.95 bits per heavy atom. The predicted molar refractivity (Wildman–Crippen MR) is 155 cm³/mol. The van der Waals surface area contributed by atoms with Crippen LogP contribution in [0, 0.1) is 5.92 Å². The van der Waals surface area contributed by atoms with Gasteiger partial charge in [-0.15, -0.1) is 0 Å². The molecule has 9 heteroatoms. The molecule has 5 rings (SSSR count). The second-order valence-corrected chi connectivity index (χ2v) is 10.5. The maximum Gasteiger partial charge on any atom is 0.308 e. The zero-order valence-electron chi connectivity index (χ0n) is 23.6. The van der Waals surface area contributed by atoms with Gasteiger partial charge >= 0.3 is 5.97 Å². The highest BCUT2D eigenvalue weighted by Crippen LogP contribution is 2.43. The van der Waals surface area contributed by atoms with Crippen molar-refractivity contribution in [2.45, 2.75) is 44.6 Å². The molecule has 1 unspecified atom stereocenters. The number of hydrogen-bond acceptors (Lipinski definition) is 7. The van der Waals surface area contributed by atoms with Crippen molar-refractivity contribution < 1.29 is 28.9 Å².